The van der Waals surface area contributed by atoms with Gasteiger partial charge in [0.15, 0.2) is 0 Å². The van der Waals surface area contributed by atoms with E-state index in [4.69, 9.17) is 55.9 Å². The second kappa shape index (κ2) is 9.83. The van der Waals surface area contributed by atoms with Gasteiger partial charge < -0.3 is 9.47 Å². The molecule has 0 unspecified atom stereocenters. The van der Waals surface area contributed by atoms with Crippen LogP contribution in [-0.2, 0) is 9.47 Å². The normalized spacial score (nSPS) is 10.8. The summed E-state index contributed by atoms with van der Waals surface area (Å²) in [4.78, 5) is 23.7. The number of carbonyl (C=O) groups excluding carboxylic acids is 2. The fourth-order valence-electron chi connectivity index (χ4n) is 1.85. The number of halogens is 4. The number of hydrogen-bond acceptors (Lipinski definition) is 4. The molecule has 0 aromatic heterocycles. The van der Waals surface area contributed by atoms with Gasteiger partial charge in [0.2, 0.25) is 0 Å². The third-order valence-electron chi connectivity index (χ3n) is 3.09. The highest BCUT2D eigenvalue weighted by Gasteiger charge is 2.12. The smallest absolute Gasteiger partial charge is 0.339 e. The van der Waals surface area contributed by atoms with E-state index < -0.39 is 11.9 Å². The van der Waals surface area contributed by atoms with E-state index in [1.165, 1.54) is 24.3 Å². The van der Waals surface area contributed by atoms with Gasteiger partial charge in [-0.05, 0) is 48.6 Å². The van der Waals surface area contributed by atoms with Crippen LogP contribution in [0.4, 0.5) is 0 Å². The molecule has 0 aliphatic rings. The monoisotopic (exact) mass is 432 g/mol. The Morgan fingerprint density at radius 1 is 0.731 bits per heavy atom. The molecule has 0 bridgehead atoms. The molecule has 0 N–H and O–H groups in total. The lowest BCUT2D eigenvalue weighted by Crippen LogP contribution is -2.07. The molecule has 0 amide bonds. The maximum atomic E-state index is 11.9. The van der Waals surface area contributed by atoms with Gasteiger partial charge in [-0.15, -0.1) is 0 Å². The van der Waals surface area contributed by atoms with Gasteiger partial charge in [-0.2, -0.15) is 0 Å². The van der Waals surface area contributed by atoms with Crippen molar-refractivity contribution in [3.63, 3.8) is 0 Å². The SMILES string of the molecule is O=C(OCC=CCOC(=O)c1ccc(Cl)cc1Cl)c1ccc(Cl)cc1Cl. The summed E-state index contributed by atoms with van der Waals surface area (Å²) in [6, 6.07) is 8.96. The molecule has 0 fully saturated rings. The number of ether oxygens (including phenoxy) is 2. The molecule has 0 atom stereocenters. The summed E-state index contributed by atoms with van der Waals surface area (Å²) in [5, 5.41) is 1.27. The molecular formula is C18H12Cl4O4. The van der Waals surface area contributed by atoms with E-state index in [1.807, 2.05) is 0 Å². The van der Waals surface area contributed by atoms with Gasteiger partial charge >= 0.3 is 11.9 Å². The largest absolute Gasteiger partial charge is 0.458 e. The first-order chi connectivity index (χ1) is 12.4. The Balaban J connectivity index is 1.77. The molecule has 0 spiro atoms. The molecule has 2 aromatic carbocycles. The highest BCUT2D eigenvalue weighted by Crippen LogP contribution is 2.22. The molecular weight excluding hydrogens is 422 g/mol. The number of benzene rings is 2. The molecule has 2 aromatic rings. The maximum Gasteiger partial charge on any atom is 0.339 e. The molecule has 136 valence electrons. The highest BCUT2D eigenvalue weighted by molar-refractivity contribution is 6.37. The van der Waals surface area contributed by atoms with Crippen LogP contribution in [0.1, 0.15) is 20.7 Å². The minimum Gasteiger partial charge on any atom is -0.458 e. The van der Waals surface area contributed by atoms with Crippen LogP contribution < -0.4 is 0 Å². The number of esters is 2. The average molecular weight is 434 g/mol. The first-order valence-electron chi connectivity index (χ1n) is 7.28. The molecule has 4 nitrogen and oxygen atoms in total. The Morgan fingerprint density at radius 3 is 1.46 bits per heavy atom. The van der Waals surface area contributed by atoms with Gasteiger partial charge in [-0.3, -0.25) is 0 Å². The lowest BCUT2D eigenvalue weighted by molar-refractivity contribution is 0.0527. The minimum atomic E-state index is -0.582. The third-order valence-corrected chi connectivity index (χ3v) is 4.19. The quantitative estimate of drug-likeness (QED) is 0.422. The Bertz CT molecular complexity index is 780. The van der Waals surface area contributed by atoms with Crippen molar-refractivity contribution in [3.8, 4) is 0 Å². The van der Waals surface area contributed by atoms with Crippen LogP contribution in [0, 0.1) is 0 Å². The summed E-state index contributed by atoms with van der Waals surface area (Å²) < 4.78 is 10.1. The van der Waals surface area contributed by atoms with Gasteiger partial charge in [0.05, 0.1) is 21.2 Å². The molecule has 0 aliphatic carbocycles. The van der Waals surface area contributed by atoms with Crippen molar-refractivity contribution >= 4 is 58.3 Å². The summed E-state index contributed by atoms with van der Waals surface area (Å²) in [6.45, 7) is -0.00587. The van der Waals surface area contributed by atoms with Crippen molar-refractivity contribution in [3.05, 3.63) is 79.8 Å². The summed E-state index contributed by atoms with van der Waals surface area (Å²) in [7, 11) is 0. The van der Waals surface area contributed by atoms with E-state index in [1.54, 1.807) is 24.3 Å². The van der Waals surface area contributed by atoms with Crippen LogP contribution >= 0.6 is 46.4 Å². The van der Waals surface area contributed by atoms with E-state index >= 15 is 0 Å². The highest BCUT2D eigenvalue weighted by atomic mass is 35.5. The van der Waals surface area contributed by atoms with Gasteiger partial charge in [0.1, 0.15) is 13.2 Å². The van der Waals surface area contributed by atoms with Crippen LogP contribution in [0.3, 0.4) is 0 Å². The Morgan fingerprint density at radius 2 is 1.12 bits per heavy atom. The second-order valence-corrected chi connectivity index (χ2v) is 6.60. The van der Waals surface area contributed by atoms with E-state index in [9.17, 15) is 9.59 Å². The third kappa shape index (κ3) is 5.92. The van der Waals surface area contributed by atoms with E-state index in [-0.39, 0.29) is 34.4 Å². The molecule has 0 saturated heterocycles. The Labute approximate surface area is 170 Å². The Hall–Kier alpha value is -1.72. The van der Waals surface area contributed by atoms with Gasteiger partial charge in [-0.1, -0.05) is 46.4 Å². The van der Waals surface area contributed by atoms with E-state index in [2.05, 4.69) is 0 Å². The minimum absolute atomic E-state index is 0.00294. The van der Waals surface area contributed by atoms with Crippen LogP contribution in [0.25, 0.3) is 0 Å². The predicted octanol–water partition coefficient (Wildman–Crippen LogP) is 5.87. The van der Waals surface area contributed by atoms with E-state index in [0.717, 1.165) is 0 Å². The van der Waals surface area contributed by atoms with Crippen molar-refractivity contribution in [2.75, 3.05) is 13.2 Å². The zero-order chi connectivity index (χ0) is 19.1. The van der Waals surface area contributed by atoms with Gasteiger partial charge in [0.25, 0.3) is 0 Å². The van der Waals surface area contributed by atoms with Crippen LogP contribution in [0.2, 0.25) is 20.1 Å². The summed E-state index contributed by atoms with van der Waals surface area (Å²) in [5.41, 5.74) is 0.432. The zero-order valence-corrected chi connectivity index (χ0v) is 16.2. The van der Waals surface area contributed by atoms with Crippen LogP contribution in [0.15, 0.2) is 48.6 Å². The first kappa shape index (κ1) is 20.6. The molecule has 0 saturated carbocycles. The van der Waals surface area contributed by atoms with Gasteiger partial charge in [-0.25, -0.2) is 9.59 Å². The van der Waals surface area contributed by atoms with Crippen molar-refractivity contribution in [2.24, 2.45) is 0 Å². The topological polar surface area (TPSA) is 52.6 Å². The molecule has 0 radical (unpaired) electrons. The maximum absolute atomic E-state index is 11.9. The van der Waals surface area contributed by atoms with Crippen molar-refractivity contribution < 1.29 is 19.1 Å². The fraction of sp³-hybridized carbons (Fsp3) is 0.111. The van der Waals surface area contributed by atoms with Crippen LogP contribution in [0.5, 0.6) is 0 Å². The van der Waals surface area contributed by atoms with Crippen molar-refractivity contribution in [2.45, 2.75) is 0 Å². The molecule has 0 heterocycles. The molecule has 0 aliphatic heterocycles. The molecule has 2 rings (SSSR count). The Kier molecular flexibility index (Phi) is 7.79. The summed E-state index contributed by atoms with van der Waals surface area (Å²) in [5.74, 6) is -1.16. The first-order valence-corrected chi connectivity index (χ1v) is 8.79. The number of carbonyl (C=O) groups is 2. The van der Waals surface area contributed by atoms with Crippen molar-refractivity contribution in [1.82, 2.24) is 0 Å². The van der Waals surface area contributed by atoms with Crippen LogP contribution in [-0.4, -0.2) is 25.2 Å². The summed E-state index contributed by atoms with van der Waals surface area (Å²) in [6.07, 6.45) is 3.08. The fourth-order valence-corrected chi connectivity index (χ4v) is 2.82. The average Bonchev–Trinajstić information content (AvgIpc) is 2.57. The second-order valence-electron chi connectivity index (χ2n) is 4.92. The van der Waals surface area contributed by atoms with Gasteiger partial charge in [0, 0.05) is 10.0 Å². The zero-order valence-electron chi connectivity index (χ0n) is 13.2. The van der Waals surface area contributed by atoms with E-state index in [0.29, 0.717) is 10.0 Å². The number of hydrogen-bond donors (Lipinski definition) is 0. The standard InChI is InChI=1S/C18H12Cl4O4/c19-11-3-5-13(15(21)9-11)17(23)25-7-1-2-8-26-18(24)14-6-4-12(20)10-16(14)22/h1-6,9-10H,7-8H2. The predicted molar refractivity (Wildman–Crippen MR) is 103 cm³/mol. The molecule has 26 heavy (non-hydrogen) atoms. The summed E-state index contributed by atoms with van der Waals surface area (Å²) >= 11 is 23.4. The lowest BCUT2D eigenvalue weighted by atomic mass is 10.2. The number of rotatable bonds is 6. The lowest BCUT2D eigenvalue weighted by Gasteiger charge is -2.05. The van der Waals surface area contributed by atoms with Crippen molar-refractivity contribution in [1.29, 1.82) is 0 Å². The molecule has 8 heteroatoms.